The predicted octanol–water partition coefficient (Wildman–Crippen LogP) is 5.36. The molecule has 0 saturated heterocycles. The number of ether oxygens (including phenoxy) is 1. The van der Waals surface area contributed by atoms with Gasteiger partial charge in [-0.3, -0.25) is 4.79 Å². The minimum atomic E-state index is -0.705. The molecule has 0 aliphatic carbocycles. The van der Waals surface area contributed by atoms with Gasteiger partial charge in [0.25, 0.3) is 5.91 Å². The highest BCUT2D eigenvalue weighted by Crippen LogP contribution is 2.34. The summed E-state index contributed by atoms with van der Waals surface area (Å²) < 4.78 is 21.1. The molecule has 0 atom stereocenters. The quantitative estimate of drug-likeness (QED) is 0.380. The number of rotatable bonds is 6. The van der Waals surface area contributed by atoms with Crippen LogP contribution in [-0.4, -0.2) is 11.9 Å². The van der Waals surface area contributed by atoms with Gasteiger partial charge < -0.3 is 21.1 Å². The van der Waals surface area contributed by atoms with Gasteiger partial charge in [-0.1, -0.05) is 30.3 Å². The van der Waals surface area contributed by atoms with E-state index in [1.807, 2.05) is 18.2 Å². The van der Waals surface area contributed by atoms with Crippen LogP contribution in [0.3, 0.4) is 0 Å². The lowest BCUT2D eigenvalue weighted by Crippen LogP contribution is -2.19. The van der Waals surface area contributed by atoms with Gasteiger partial charge in [0.2, 0.25) is 0 Å². The third kappa shape index (κ3) is 4.65. The number of hydrogen-bond acceptors (Lipinski definition) is 4. The van der Waals surface area contributed by atoms with Gasteiger partial charge >= 0.3 is 6.03 Å². The van der Waals surface area contributed by atoms with E-state index in [2.05, 4.69) is 10.6 Å². The molecule has 0 aliphatic heterocycles. The first-order valence-corrected chi connectivity index (χ1v) is 10.2. The first kappa shape index (κ1) is 20.4. The molecule has 4 N–H and O–H groups in total. The molecule has 0 bridgehead atoms. The van der Waals surface area contributed by atoms with Gasteiger partial charge in [-0.05, 0) is 42.5 Å². The summed E-state index contributed by atoms with van der Waals surface area (Å²) in [6, 6.07) is 19.7. The maximum Gasteiger partial charge on any atom is 0.316 e. The Bertz CT molecular complexity index is 1260. The maximum absolute atomic E-state index is 14.6. The molecule has 0 unspecified atom stereocenters. The molecule has 1 heterocycles. The third-order valence-electron chi connectivity index (χ3n) is 4.48. The summed E-state index contributed by atoms with van der Waals surface area (Å²) in [4.78, 5) is 24.5. The van der Waals surface area contributed by atoms with Gasteiger partial charge in [0.05, 0.1) is 0 Å². The standard InChI is InChI=1S/C23H18FN3O3S/c24-18-10-5-11-19-20(18)17(13-30-16-8-2-1-3-9-16)21(31-19)22(28)26-14-6-4-7-15(12-14)27-23(25)29/h1-12H,13H2,(H,26,28)(H3,25,27,29). The number of fused-ring (bicyclic) bond motifs is 1. The molecule has 3 amide bonds. The number of para-hydroxylation sites is 1. The van der Waals surface area contributed by atoms with Crippen LogP contribution in [0.2, 0.25) is 0 Å². The number of halogens is 1. The Hall–Kier alpha value is -3.91. The van der Waals surface area contributed by atoms with Crippen molar-refractivity contribution in [1.82, 2.24) is 0 Å². The Morgan fingerprint density at radius 1 is 0.935 bits per heavy atom. The van der Waals surface area contributed by atoms with Crippen molar-refractivity contribution in [3.05, 3.63) is 89.1 Å². The first-order valence-electron chi connectivity index (χ1n) is 9.37. The van der Waals surface area contributed by atoms with Gasteiger partial charge in [0.15, 0.2) is 0 Å². The SMILES string of the molecule is NC(=O)Nc1cccc(NC(=O)c2sc3cccc(F)c3c2COc2ccccc2)c1. The Labute approximate surface area is 181 Å². The summed E-state index contributed by atoms with van der Waals surface area (Å²) in [5.74, 6) is -0.189. The molecule has 0 radical (unpaired) electrons. The van der Waals surface area contributed by atoms with Crippen LogP contribution in [0.5, 0.6) is 5.75 Å². The van der Waals surface area contributed by atoms with Crippen molar-refractivity contribution in [3.63, 3.8) is 0 Å². The average molecular weight is 435 g/mol. The Morgan fingerprint density at radius 2 is 1.65 bits per heavy atom. The van der Waals surface area contributed by atoms with E-state index in [0.717, 1.165) is 0 Å². The summed E-state index contributed by atoms with van der Waals surface area (Å²) in [7, 11) is 0. The van der Waals surface area contributed by atoms with Crippen LogP contribution >= 0.6 is 11.3 Å². The highest BCUT2D eigenvalue weighted by Gasteiger charge is 2.21. The van der Waals surface area contributed by atoms with Crippen LogP contribution < -0.4 is 21.1 Å². The number of benzene rings is 3. The van der Waals surface area contributed by atoms with E-state index in [1.54, 1.807) is 48.5 Å². The van der Waals surface area contributed by atoms with Crippen LogP contribution in [0.4, 0.5) is 20.6 Å². The molecule has 0 saturated carbocycles. The molecule has 4 rings (SSSR count). The second-order valence-electron chi connectivity index (χ2n) is 6.65. The largest absolute Gasteiger partial charge is 0.489 e. The number of amides is 3. The van der Waals surface area contributed by atoms with Crippen LogP contribution in [0, 0.1) is 5.82 Å². The smallest absolute Gasteiger partial charge is 0.316 e. The number of anilines is 2. The van der Waals surface area contributed by atoms with Crippen LogP contribution in [0.25, 0.3) is 10.1 Å². The number of nitrogens with two attached hydrogens (primary N) is 1. The van der Waals surface area contributed by atoms with E-state index in [1.165, 1.54) is 17.4 Å². The van der Waals surface area contributed by atoms with Gasteiger partial charge in [-0.25, -0.2) is 9.18 Å². The molecular formula is C23H18FN3O3S. The topological polar surface area (TPSA) is 93.5 Å². The molecule has 0 fully saturated rings. The number of nitrogens with one attached hydrogen (secondary N) is 2. The van der Waals surface area contributed by atoms with E-state index < -0.39 is 17.8 Å². The molecule has 156 valence electrons. The van der Waals surface area contributed by atoms with Crippen molar-refractivity contribution in [2.75, 3.05) is 10.6 Å². The minimum absolute atomic E-state index is 0.0387. The van der Waals surface area contributed by atoms with E-state index in [-0.39, 0.29) is 6.61 Å². The van der Waals surface area contributed by atoms with Crippen LogP contribution in [-0.2, 0) is 6.61 Å². The van der Waals surface area contributed by atoms with E-state index in [0.29, 0.717) is 37.7 Å². The first-order chi connectivity index (χ1) is 15.0. The predicted molar refractivity (Wildman–Crippen MR) is 120 cm³/mol. The fraction of sp³-hybridized carbons (Fsp3) is 0.0435. The fourth-order valence-electron chi connectivity index (χ4n) is 3.17. The number of carbonyl (C=O) groups excluding carboxylic acids is 2. The molecular weight excluding hydrogens is 417 g/mol. The third-order valence-corrected chi connectivity index (χ3v) is 5.68. The molecule has 31 heavy (non-hydrogen) atoms. The zero-order chi connectivity index (χ0) is 21.8. The second-order valence-corrected chi connectivity index (χ2v) is 7.70. The molecule has 1 aromatic heterocycles. The Balaban J connectivity index is 1.65. The molecule has 4 aromatic rings. The van der Waals surface area contributed by atoms with Crippen molar-refractivity contribution < 1.29 is 18.7 Å². The van der Waals surface area contributed by atoms with Crippen molar-refractivity contribution in [1.29, 1.82) is 0 Å². The number of hydrogen-bond donors (Lipinski definition) is 3. The normalized spacial score (nSPS) is 10.6. The zero-order valence-corrected chi connectivity index (χ0v) is 17.0. The highest BCUT2D eigenvalue weighted by molar-refractivity contribution is 7.21. The van der Waals surface area contributed by atoms with Crippen molar-refractivity contribution in [2.24, 2.45) is 5.73 Å². The maximum atomic E-state index is 14.6. The molecule has 6 nitrogen and oxygen atoms in total. The lowest BCUT2D eigenvalue weighted by Gasteiger charge is -2.10. The number of primary amides is 1. The summed E-state index contributed by atoms with van der Waals surface area (Å²) in [5.41, 5.74) is 6.52. The molecule has 8 heteroatoms. The summed E-state index contributed by atoms with van der Waals surface area (Å²) in [6.07, 6.45) is 0. The van der Waals surface area contributed by atoms with Gasteiger partial charge in [0.1, 0.15) is 23.1 Å². The lowest BCUT2D eigenvalue weighted by atomic mass is 10.1. The van der Waals surface area contributed by atoms with E-state index in [9.17, 15) is 14.0 Å². The van der Waals surface area contributed by atoms with Crippen LogP contribution in [0.15, 0.2) is 72.8 Å². The minimum Gasteiger partial charge on any atom is -0.489 e. The fourth-order valence-corrected chi connectivity index (χ4v) is 4.28. The highest BCUT2D eigenvalue weighted by atomic mass is 32.1. The number of urea groups is 1. The number of carbonyl (C=O) groups is 2. The molecule has 3 aromatic carbocycles. The summed E-state index contributed by atoms with van der Waals surface area (Å²) in [6.45, 7) is 0.0387. The molecule has 0 aliphatic rings. The van der Waals surface area contributed by atoms with Crippen molar-refractivity contribution in [3.8, 4) is 5.75 Å². The molecule has 0 spiro atoms. The van der Waals surface area contributed by atoms with Gasteiger partial charge in [0, 0.05) is 27.0 Å². The average Bonchev–Trinajstić information content (AvgIpc) is 3.13. The zero-order valence-electron chi connectivity index (χ0n) is 16.2. The lowest BCUT2D eigenvalue weighted by molar-refractivity contribution is 0.102. The van der Waals surface area contributed by atoms with E-state index >= 15 is 0 Å². The Kier molecular flexibility index (Phi) is 5.81. The summed E-state index contributed by atoms with van der Waals surface area (Å²) in [5, 5.41) is 5.62. The monoisotopic (exact) mass is 435 g/mol. The second kappa shape index (κ2) is 8.85. The van der Waals surface area contributed by atoms with Crippen molar-refractivity contribution in [2.45, 2.75) is 6.61 Å². The van der Waals surface area contributed by atoms with E-state index in [4.69, 9.17) is 10.5 Å². The van der Waals surface area contributed by atoms with Gasteiger partial charge in [-0.15, -0.1) is 11.3 Å². The van der Waals surface area contributed by atoms with Gasteiger partial charge in [-0.2, -0.15) is 0 Å². The van der Waals surface area contributed by atoms with Crippen LogP contribution in [0.1, 0.15) is 15.2 Å². The summed E-state index contributed by atoms with van der Waals surface area (Å²) >= 11 is 1.19. The number of thiophene rings is 1. The van der Waals surface area contributed by atoms with Crippen molar-refractivity contribution >= 4 is 44.7 Å². The Morgan fingerprint density at radius 3 is 2.39 bits per heavy atom.